The third-order valence-electron chi connectivity index (χ3n) is 14.5. The van der Waals surface area contributed by atoms with Gasteiger partial charge >= 0.3 is 5.97 Å². The van der Waals surface area contributed by atoms with Crippen LogP contribution >= 0.6 is 11.3 Å². The molecule has 0 spiro atoms. The standard InChI is InChI=1S/C58H63N9O7S/c1-35-39(40-21-23-49(61-53(40)56(72)74-58(2,3)4)67-30-27-37-13-10-15-41(44(37)33-67)54(70)63-57-60-45-16-6-7-18-48(45)75-57)14-11-17-47(35)73-31-9-8-12-36-25-28-66(29-26-36)34-51(69)59-38-19-20-42-46(32-38)65(5)64-52(42)43-22-24-50(68)62-55(43)71/h6-7,10-11,13-21,23,32,36,43H,8-9,12,22,24-31,33-34H2,1-5H3,(H,59,69)(H,60,63,70)(H,62,68,71). The number of amides is 4. The number of imide groups is 1. The quantitative estimate of drug-likeness (QED) is 0.0502. The molecule has 16 nitrogen and oxygen atoms in total. The van der Waals surface area contributed by atoms with Crippen LogP contribution in [0.25, 0.3) is 32.2 Å². The summed E-state index contributed by atoms with van der Waals surface area (Å²) in [5.41, 5.74) is 7.42. The number of aromatic nitrogens is 4. The number of nitrogens with one attached hydrogen (secondary N) is 3. The largest absolute Gasteiger partial charge is 0.493 e. The molecule has 10 rings (SSSR count). The van der Waals surface area contributed by atoms with Crippen molar-refractivity contribution in [2.24, 2.45) is 13.0 Å². The van der Waals surface area contributed by atoms with Gasteiger partial charge in [0, 0.05) is 48.8 Å². The molecule has 3 aromatic heterocycles. The first-order valence-corrected chi connectivity index (χ1v) is 26.8. The number of thiazole rings is 1. The average molecular weight is 1030 g/mol. The van der Waals surface area contributed by atoms with E-state index in [1.807, 2.05) is 120 Å². The minimum Gasteiger partial charge on any atom is -0.493 e. The number of piperidine rings is 2. The average Bonchev–Trinajstić information content (AvgIpc) is 3.95. The molecular formula is C58H63N9O7S. The van der Waals surface area contributed by atoms with Crippen LogP contribution in [0.1, 0.15) is 115 Å². The maximum Gasteiger partial charge on any atom is 0.358 e. The predicted molar refractivity (Wildman–Crippen MR) is 291 cm³/mol. The molecule has 0 bridgehead atoms. The van der Waals surface area contributed by atoms with Crippen LogP contribution in [0.15, 0.2) is 91.0 Å². The lowest BCUT2D eigenvalue weighted by Gasteiger charge is -2.31. The van der Waals surface area contributed by atoms with Crippen LogP contribution in [0, 0.1) is 12.8 Å². The third-order valence-corrected chi connectivity index (χ3v) is 15.4. The number of pyridine rings is 1. The van der Waals surface area contributed by atoms with Crippen LogP contribution in [0.5, 0.6) is 5.75 Å². The van der Waals surface area contributed by atoms with Crippen molar-refractivity contribution >= 4 is 78.7 Å². The van der Waals surface area contributed by atoms with Crippen molar-refractivity contribution in [3.63, 3.8) is 0 Å². The Morgan fingerprint density at radius 3 is 2.47 bits per heavy atom. The van der Waals surface area contributed by atoms with Crippen molar-refractivity contribution in [3.8, 4) is 16.9 Å². The molecule has 17 heteroatoms. The molecule has 0 aliphatic carbocycles. The van der Waals surface area contributed by atoms with Crippen molar-refractivity contribution in [2.45, 2.75) is 97.1 Å². The number of para-hydroxylation sites is 1. The van der Waals surface area contributed by atoms with Gasteiger partial charge in [0.15, 0.2) is 10.8 Å². The van der Waals surface area contributed by atoms with Gasteiger partial charge in [-0.3, -0.25) is 39.4 Å². The van der Waals surface area contributed by atoms with Gasteiger partial charge in [0.05, 0.1) is 40.5 Å². The number of benzene rings is 4. The van der Waals surface area contributed by atoms with Crippen LogP contribution in [-0.2, 0) is 39.1 Å². The molecule has 3 aliphatic heterocycles. The zero-order valence-electron chi connectivity index (χ0n) is 43.2. The summed E-state index contributed by atoms with van der Waals surface area (Å²) < 4.78 is 15.1. The lowest BCUT2D eigenvalue weighted by atomic mass is 9.91. The molecule has 3 N–H and O–H groups in total. The number of carbonyl (C=O) groups is 5. The molecule has 0 radical (unpaired) electrons. The zero-order chi connectivity index (χ0) is 52.4. The summed E-state index contributed by atoms with van der Waals surface area (Å²) in [5.74, 6) is 0.0697. The molecule has 7 aromatic rings. The van der Waals surface area contributed by atoms with E-state index < -0.39 is 17.5 Å². The number of hydrogen-bond donors (Lipinski definition) is 3. The van der Waals surface area contributed by atoms with E-state index in [0.717, 1.165) is 94.3 Å². The fourth-order valence-corrected chi connectivity index (χ4v) is 11.5. The summed E-state index contributed by atoms with van der Waals surface area (Å²) in [6, 6.07) is 29.0. The number of carbonyl (C=O) groups excluding carboxylic acids is 5. The Bertz CT molecular complexity index is 3300. The van der Waals surface area contributed by atoms with Crippen molar-refractivity contribution in [1.82, 2.24) is 30.0 Å². The SMILES string of the molecule is Cc1c(OCCCCC2CCN(CC(=O)Nc3ccc4c(C5CCC(=O)NC5=O)nn(C)c4c3)CC2)cccc1-c1ccc(N2CCc3cccc(C(=O)Nc4nc5ccccc5s4)c3C2)nc1C(=O)OC(C)(C)C. The van der Waals surface area contributed by atoms with E-state index in [1.165, 1.54) is 11.3 Å². The van der Waals surface area contributed by atoms with Gasteiger partial charge in [-0.2, -0.15) is 5.10 Å². The Hall–Kier alpha value is -7.50. The second kappa shape index (κ2) is 21.8. The lowest BCUT2D eigenvalue weighted by molar-refractivity contribution is -0.134. The molecule has 1 atom stereocenters. The molecular weight excluding hydrogens is 967 g/mol. The van der Waals surface area contributed by atoms with Gasteiger partial charge < -0.3 is 19.7 Å². The summed E-state index contributed by atoms with van der Waals surface area (Å²) >= 11 is 1.44. The molecule has 2 fully saturated rings. The number of rotatable bonds is 15. The number of esters is 1. The Balaban J connectivity index is 0.723. The van der Waals surface area contributed by atoms with E-state index >= 15 is 0 Å². The highest BCUT2D eigenvalue weighted by Gasteiger charge is 2.32. The van der Waals surface area contributed by atoms with Gasteiger partial charge in [-0.25, -0.2) is 14.8 Å². The van der Waals surface area contributed by atoms with E-state index in [9.17, 15) is 24.0 Å². The van der Waals surface area contributed by atoms with Crippen LogP contribution in [-0.4, -0.2) is 92.6 Å². The van der Waals surface area contributed by atoms with E-state index in [0.29, 0.717) is 78.5 Å². The molecule has 6 heterocycles. The molecule has 1 unspecified atom stereocenters. The minimum absolute atomic E-state index is 0.0739. The molecule has 4 amide bonds. The number of likely N-dealkylation sites (tertiary alicyclic amines) is 1. The highest BCUT2D eigenvalue weighted by molar-refractivity contribution is 7.22. The minimum atomic E-state index is -0.746. The van der Waals surface area contributed by atoms with E-state index in [4.69, 9.17) is 14.5 Å². The Morgan fingerprint density at radius 1 is 0.853 bits per heavy atom. The van der Waals surface area contributed by atoms with Crippen molar-refractivity contribution in [3.05, 3.63) is 125 Å². The van der Waals surface area contributed by atoms with Crippen molar-refractivity contribution in [2.75, 3.05) is 48.3 Å². The first-order valence-electron chi connectivity index (χ1n) is 26.0. The predicted octanol–water partition coefficient (Wildman–Crippen LogP) is 9.74. The van der Waals surface area contributed by atoms with Crippen molar-refractivity contribution < 1.29 is 33.4 Å². The molecule has 0 saturated carbocycles. The molecule has 3 aliphatic rings. The van der Waals surface area contributed by atoms with Gasteiger partial charge in [-0.15, -0.1) is 0 Å². The topological polar surface area (TPSA) is 190 Å². The van der Waals surface area contributed by atoms with Gasteiger partial charge in [0.25, 0.3) is 5.91 Å². The monoisotopic (exact) mass is 1030 g/mol. The summed E-state index contributed by atoms with van der Waals surface area (Å²) in [4.78, 5) is 79.2. The maximum atomic E-state index is 14.0. The fraction of sp³-hybridized carbons (Fsp3) is 0.379. The zero-order valence-corrected chi connectivity index (χ0v) is 44.0. The lowest BCUT2D eigenvalue weighted by Crippen LogP contribution is -2.39. The number of aryl methyl sites for hydroxylation is 1. The molecule has 4 aromatic carbocycles. The van der Waals surface area contributed by atoms with E-state index in [2.05, 4.69) is 41.9 Å². The van der Waals surface area contributed by atoms with E-state index in [-0.39, 0.29) is 35.7 Å². The number of anilines is 3. The molecule has 75 heavy (non-hydrogen) atoms. The molecule has 388 valence electrons. The van der Waals surface area contributed by atoms with Crippen LogP contribution in [0.4, 0.5) is 16.6 Å². The third kappa shape index (κ3) is 11.6. The van der Waals surface area contributed by atoms with Crippen molar-refractivity contribution in [1.29, 1.82) is 0 Å². The second-order valence-electron chi connectivity index (χ2n) is 20.9. The summed E-state index contributed by atoms with van der Waals surface area (Å²) in [6.07, 6.45) is 6.47. The molecule has 2 saturated heterocycles. The van der Waals surface area contributed by atoms with Crippen LogP contribution in [0.3, 0.4) is 0 Å². The smallest absolute Gasteiger partial charge is 0.358 e. The highest BCUT2D eigenvalue weighted by atomic mass is 32.1. The number of unbranched alkanes of at least 4 members (excludes halogenated alkanes) is 1. The Morgan fingerprint density at radius 2 is 1.67 bits per heavy atom. The number of fused-ring (bicyclic) bond motifs is 3. The normalized spacial score (nSPS) is 16.4. The summed E-state index contributed by atoms with van der Waals surface area (Å²) in [5, 5.41) is 14.5. The van der Waals surface area contributed by atoms with E-state index in [1.54, 1.807) is 4.68 Å². The number of hydrogen-bond acceptors (Lipinski definition) is 13. The number of ether oxygens (including phenoxy) is 2. The Kier molecular flexibility index (Phi) is 14.8. The first-order chi connectivity index (χ1) is 36.1. The maximum absolute atomic E-state index is 14.0. The Labute approximate surface area is 440 Å². The number of nitrogens with zero attached hydrogens (tertiary/aromatic N) is 6. The second-order valence-corrected chi connectivity index (χ2v) is 21.9. The summed E-state index contributed by atoms with van der Waals surface area (Å²) in [7, 11) is 1.81. The van der Waals surface area contributed by atoms with Gasteiger partial charge in [-0.05, 0) is 162 Å². The van der Waals surface area contributed by atoms with Gasteiger partial charge in [-0.1, -0.05) is 54.2 Å². The first kappa shape index (κ1) is 51.0. The van der Waals surface area contributed by atoms with Gasteiger partial charge in [0.2, 0.25) is 17.7 Å². The van der Waals surface area contributed by atoms with Gasteiger partial charge in [0.1, 0.15) is 17.2 Å². The van der Waals surface area contributed by atoms with Crippen LogP contribution in [0.2, 0.25) is 0 Å². The fourth-order valence-electron chi connectivity index (χ4n) is 10.6. The highest BCUT2D eigenvalue weighted by Crippen LogP contribution is 2.37. The van der Waals surface area contributed by atoms with Crippen LogP contribution < -0.4 is 25.6 Å². The summed E-state index contributed by atoms with van der Waals surface area (Å²) in [6.45, 7) is 11.2.